The van der Waals surface area contributed by atoms with Crippen LogP contribution >= 0.6 is 0 Å². The van der Waals surface area contributed by atoms with E-state index in [2.05, 4.69) is 26.0 Å². The number of aliphatic hydroxyl groups excluding tert-OH is 1. The van der Waals surface area contributed by atoms with Crippen LogP contribution in [0.5, 0.6) is 0 Å². The second kappa shape index (κ2) is 3.71. The number of aliphatic hydroxyl groups is 1. The van der Waals surface area contributed by atoms with Crippen LogP contribution in [0.2, 0.25) is 0 Å². The molecule has 2 bridgehead atoms. The van der Waals surface area contributed by atoms with Gasteiger partial charge in [0.25, 0.3) is 0 Å². The van der Waals surface area contributed by atoms with Crippen molar-refractivity contribution in [3.05, 3.63) is 35.1 Å². The zero-order chi connectivity index (χ0) is 15.0. The predicted octanol–water partition coefficient (Wildman–Crippen LogP) is 4.49. The minimum absolute atomic E-state index is 0.0360. The highest BCUT2D eigenvalue weighted by Crippen LogP contribution is 2.68. The van der Waals surface area contributed by atoms with E-state index in [-0.39, 0.29) is 22.4 Å². The molecule has 0 radical (unpaired) electrons. The molecule has 0 saturated heterocycles. The molecule has 0 aromatic rings. The first kappa shape index (κ1) is 13.4. The lowest BCUT2D eigenvalue weighted by Gasteiger charge is -2.57. The van der Waals surface area contributed by atoms with Crippen LogP contribution in [0, 0.1) is 22.2 Å². The van der Waals surface area contributed by atoms with Crippen molar-refractivity contribution >= 4 is 5.78 Å². The molecule has 0 unspecified atom stereocenters. The first-order chi connectivity index (χ1) is 9.80. The van der Waals surface area contributed by atoms with E-state index in [4.69, 9.17) is 0 Å². The van der Waals surface area contributed by atoms with Gasteiger partial charge in [-0.25, -0.2) is 0 Å². The fourth-order valence-electron chi connectivity index (χ4n) is 5.95. The summed E-state index contributed by atoms with van der Waals surface area (Å²) in [6.45, 7) is 6.52. The number of hydrogen-bond donors (Lipinski definition) is 1. The van der Waals surface area contributed by atoms with Crippen LogP contribution in [0.3, 0.4) is 0 Å². The summed E-state index contributed by atoms with van der Waals surface area (Å²) in [4.78, 5) is 12.1. The Hall–Kier alpha value is -1.31. The molecule has 112 valence electrons. The summed E-state index contributed by atoms with van der Waals surface area (Å²) in [5.74, 6) is 0.318. The number of fused-ring (bicyclic) bond motifs is 3. The SMILES string of the molecule is CC1=C2CC[C@]34C=C[C@@](C)(CC[C@H]3[C@]2(C)C=C(O)C1=O)C4. The van der Waals surface area contributed by atoms with Crippen molar-refractivity contribution in [1.29, 1.82) is 0 Å². The second-order valence-electron chi connectivity index (χ2n) is 8.23. The van der Waals surface area contributed by atoms with Gasteiger partial charge >= 0.3 is 0 Å². The maximum atomic E-state index is 12.1. The topological polar surface area (TPSA) is 37.3 Å². The third kappa shape index (κ3) is 1.51. The molecule has 4 aliphatic carbocycles. The average Bonchev–Trinajstić information content (AvgIpc) is 2.66. The van der Waals surface area contributed by atoms with Gasteiger partial charge in [-0.05, 0) is 61.9 Å². The van der Waals surface area contributed by atoms with Gasteiger partial charge in [0, 0.05) is 11.0 Å². The van der Waals surface area contributed by atoms with Gasteiger partial charge in [0.2, 0.25) is 5.78 Å². The first-order valence-electron chi connectivity index (χ1n) is 8.17. The average molecular weight is 284 g/mol. The molecule has 4 atom stereocenters. The highest BCUT2D eigenvalue weighted by molar-refractivity contribution is 6.08. The van der Waals surface area contributed by atoms with Crippen molar-refractivity contribution in [1.82, 2.24) is 0 Å². The van der Waals surface area contributed by atoms with E-state index in [0.29, 0.717) is 11.3 Å². The molecule has 0 heterocycles. The van der Waals surface area contributed by atoms with Crippen LogP contribution in [0.4, 0.5) is 0 Å². The Morgan fingerprint density at radius 1 is 1.24 bits per heavy atom. The smallest absolute Gasteiger partial charge is 0.222 e. The molecule has 2 fully saturated rings. The Morgan fingerprint density at radius 3 is 2.76 bits per heavy atom. The van der Waals surface area contributed by atoms with Crippen molar-refractivity contribution in [3.63, 3.8) is 0 Å². The fourth-order valence-corrected chi connectivity index (χ4v) is 5.95. The number of rotatable bonds is 0. The predicted molar refractivity (Wildman–Crippen MR) is 82.8 cm³/mol. The van der Waals surface area contributed by atoms with Gasteiger partial charge < -0.3 is 5.11 Å². The molecule has 2 saturated carbocycles. The largest absolute Gasteiger partial charge is 0.504 e. The molecule has 4 rings (SSSR count). The molecule has 0 aliphatic heterocycles. The Balaban J connectivity index is 1.86. The summed E-state index contributed by atoms with van der Waals surface area (Å²) < 4.78 is 0. The molecule has 21 heavy (non-hydrogen) atoms. The maximum absolute atomic E-state index is 12.1. The normalized spacial score (nSPS) is 48.0. The van der Waals surface area contributed by atoms with Crippen LogP contribution in [-0.2, 0) is 4.79 Å². The summed E-state index contributed by atoms with van der Waals surface area (Å²) >= 11 is 0. The van der Waals surface area contributed by atoms with Gasteiger partial charge in [-0.1, -0.05) is 31.6 Å². The minimum Gasteiger partial charge on any atom is -0.504 e. The fraction of sp³-hybridized carbons (Fsp3) is 0.632. The Morgan fingerprint density at radius 2 is 2.00 bits per heavy atom. The first-order valence-corrected chi connectivity index (χ1v) is 8.17. The standard InChI is InChI=1S/C19H24O2/c1-12-13-4-7-19-9-8-17(2,11-19)6-5-15(19)18(13,3)10-14(20)16(12)21/h8-10,15,20H,4-7,11H2,1-3H3/t15-,17+,18+,19+/m0/s1. The summed E-state index contributed by atoms with van der Waals surface area (Å²) in [5, 5.41) is 10.1. The minimum atomic E-state index is -0.166. The summed E-state index contributed by atoms with van der Waals surface area (Å²) in [5.41, 5.74) is 2.59. The Kier molecular flexibility index (Phi) is 2.36. The summed E-state index contributed by atoms with van der Waals surface area (Å²) in [6.07, 6.45) is 12.6. The van der Waals surface area contributed by atoms with Gasteiger partial charge in [-0.2, -0.15) is 0 Å². The molecule has 2 heteroatoms. The van der Waals surface area contributed by atoms with Crippen LogP contribution in [0.1, 0.15) is 52.9 Å². The van der Waals surface area contributed by atoms with E-state index in [0.717, 1.165) is 18.4 Å². The highest BCUT2D eigenvalue weighted by Gasteiger charge is 2.59. The number of carbonyl (C=O) groups is 1. The molecule has 4 aliphatic rings. The molecule has 1 spiro atoms. The lowest BCUT2D eigenvalue weighted by atomic mass is 9.47. The number of allylic oxidation sites excluding steroid dienone is 5. The number of ketones is 1. The number of hydrogen-bond acceptors (Lipinski definition) is 2. The van der Waals surface area contributed by atoms with Crippen molar-refractivity contribution in [3.8, 4) is 0 Å². The van der Waals surface area contributed by atoms with Gasteiger partial charge in [-0.15, -0.1) is 0 Å². The van der Waals surface area contributed by atoms with Gasteiger partial charge in [0.05, 0.1) is 0 Å². The quantitative estimate of drug-likeness (QED) is 0.665. The second-order valence-corrected chi connectivity index (χ2v) is 8.23. The van der Waals surface area contributed by atoms with E-state index in [1.165, 1.54) is 24.8 Å². The van der Waals surface area contributed by atoms with Crippen molar-refractivity contribution in [2.24, 2.45) is 22.2 Å². The van der Waals surface area contributed by atoms with Gasteiger partial charge in [-0.3, -0.25) is 4.79 Å². The maximum Gasteiger partial charge on any atom is 0.222 e. The van der Waals surface area contributed by atoms with Gasteiger partial charge in [0.1, 0.15) is 0 Å². The number of carbonyl (C=O) groups excluding carboxylic acids is 1. The highest BCUT2D eigenvalue weighted by atomic mass is 16.3. The van der Waals surface area contributed by atoms with Crippen molar-refractivity contribution < 1.29 is 9.90 Å². The molecular formula is C19H24O2. The monoisotopic (exact) mass is 284 g/mol. The third-order valence-corrected chi connectivity index (χ3v) is 6.93. The van der Waals surface area contributed by atoms with Crippen LogP contribution in [0.15, 0.2) is 35.1 Å². The van der Waals surface area contributed by atoms with Crippen LogP contribution in [0.25, 0.3) is 0 Å². The van der Waals surface area contributed by atoms with E-state index >= 15 is 0 Å². The zero-order valence-electron chi connectivity index (χ0n) is 13.2. The summed E-state index contributed by atoms with van der Waals surface area (Å²) in [7, 11) is 0. The molecule has 0 amide bonds. The van der Waals surface area contributed by atoms with E-state index in [1.54, 1.807) is 0 Å². The van der Waals surface area contributed by atoms with Crippen molar-refractivity contribution in [2.45, 2.75) is 52.9 Å². The molecule has 0 aromatic carbocycles. The van der Waals surface area contributed by atoms with E-state index in [1.807, 2.05) is 13.0 Å². The lowest BCUT2D eigenvalue weighted by molar-refractivity contribution is -0.115. The number of Topliss-reactive ketones (excluding diaryl/α,β-unsaturated/α-hetero) is 1. The molecule has 2 nitrogen and oxygen atoms in total. The lowest BCUT2D eigenvalue weighted by Crippen LogP contribution is -2.49. The Bertz CT molecular complexity index is 638. The van der Waals surface area contributed by atoms with Crippen LogP contribution < -0.4 is 0 Å². The molecular weight excluding hydrogens is 260 g/mol. The molecule has 0 aromatic heterocycles. The zero-order valence-corrected chi connectivity index (χ0v) is 13.2. The molecule has 1 N–H and O–H groups in total. The third-order valence-electron chi connectivity index (χ3n) is 6.93. The Labute approximate surface area is 126 Å². The van der Waals surface area contributed by atoms with Gasteiger partial charge in [0.15, 0.2) is 5.76 Å². The van der Waals surface area contributed by atoms with Crippen molar-refractivity contribution in [2.75, 3.05) is 0 Å². The summed E-state index contributed by atoms with van der Waals surface area (Å²) in [6, 6.07) is 0. The van der Waals surface area contributed by atoms with Crippen LogP contribution in [-0.4, -0.2) is 10.9 Å². The van der Waals surface area contributed by atoms with E-state index < -0.39 is 0 Å². The van der Waals surface area contributed by atoms with E-state index in [9.17, 15) is 9.90 Å².